The monoisotopic (exact) mass is 347 g/mol. The molecule has 0 saturated heterocycles. The molecule has 0 radical (unpaired) electrons. The summed E-state index contributed by atoms with van der Waals surface area (Å²) in [5, 5.41) is 11.7. The van der Waals surface area contributed by atoms with Crippen molar-refractivity contribution >= 4 is 33.8 Å². The zero-order valence-corrected chi connectivity index (χ0v) is 13.8. The van der Waals surface area contributed by atoms with Crippen molar-refractivity contribution in [1.29, 1.82) is 0 Å². The summed E-state index contributed by atoms with van der Waals surface area (Å²) in [5.41, 5.74) is 1.85. The topological polar surface area (TPSA) is 77.8 Å². The van der Waals surface area contributed by atoms with Crippen molar-refractivity contribution in [2.45, 2.75) is 0 Å². The van der Waals surface area contributed by atoms with Crippen molar-refractivity contribution < 1.29 is 24.2 Å². The molecule has 0 fully saturated rings. The Morgan fingerprint density at radius 2 is 1.65 bits per heavy atom. The first-order valence-corrected chi connectivity index (χ1v) is 8.07. The second-order valence-corrected chi connectivity index (χ2v) is 6.30. The number of rotatable bonds is 1. The lowest BCUT2D eigenvalue weighted by Crippen LogP contribution is -2.23. The van der Waals surface area contributed by atoms with Crippen molar-refractivity contribution in [2.24, 2.45) is 7.05 Å². The predicted octanol–water partition coefficient (Wildman–Crippen LogP) is 3.10. The molecule has 26 heavy (non-hydrogen) atoms. The summed E-state index contributed by atoms with van der Waals surface area (Å²) >= 11 is 0. The molecule has 0 atom stereocenters. The molecule has 0 spiro atoms. The maximum absolute atomic E-state index is 12.8. The van der Waals surface area contributed by atoms with E-state index in [-0.39, 0.29) is 29.3 Å². The smallest absolute Gasteiger partial charge is 0.237 e. The maximum Gasteiger partial charge on any atom is 0.237 e. The Kier molecular flexibility index (Phi) is 2.83. The zero-order chi connectivity index (χ0) is 18.0. The first-order valence-electron chi connectivity index (χ1n) is 8.07. The molecule has 2 aliphatic rings. The number of allylic oxidation sites excluding steroid dienone is 1. The standard InChI is InChI=1S/C20H13NO5/c1-21-8-13(10-4-2-3-5-14(10)21)17-18(22)11-6-15-16(26-9-25-15)7-12(11)19(23)20(17)24/h2-8,22H,9H2,1H3. The Morgan fingerprint density at radius 3 is 2.42 bits per heavy atom. The molecule has 2 heterocycles. The highest BCUT2D eigenvalue weighted by Gasteiger charge is 2.36. The number of carbonyl (C=O) groups excluding carboxylic acids is 2. The first-order chi connectivity index (χ1) is 12.6. The van der Waals surface area contributed by atoms with Crippen LogP contribution in [0.3, 0.4) is 0 Å². The van der Waals surface area contributed by atoms with E-state index < -0.39 is 11.6 Å². The van der Waals surface area contributed by atoms with Gasteiger partial charge in [0.2, 0.25) is 18.4 Å². The molecule has 0 bridgehead atoms. The maximum atomic E-state index is 12.8. The third-order valence-electron chi connectivity index (χ3n) is 4.85. The van der Waals surface area contributed by atoms with Crippen LogP contribution >= 0.6 is 0 Å². The molecule has 128 valence electrons. The van der Waals surface area contributed by atoms with Gasteiger partial charge in [-0.3, -0.25) is 9.59 Å². The lowest BCUT2D eigenvalue weighted by molar-refractivity contribution is -0.110. The van der Waals surface area contributed by atoms with Gasteiger partial charge in [0.15, 0.2) is 11.5 Å². The zero-order valence-electron chi connectivity index (χ0n) is 13.8. The Bertz CT molecular complexity index is 1170. The molecular weight excluding hydrogens is 334 g/mol. The number of aliphatic hydroxyl groups is 1. The lowest BCUT2D eigenvalue weighted by Gasteiger charge is -2.18. The number of aliphatic hydroxyl groups excluding tert-OH is 1. The number of Topliss-reactive ketones (excluding diaryl/α,β-unsaturated/α-hetero) is 2. The Hall–Kier alpha value is -3.54. The summed E-state index contributed by atoms with van der Waals surface area (Å²) in [5.74, 6) is -0.787. The molecule has 0 unspecified atom stereocenters. The normalized spacial score (nSPS) is 15.7. The van der Waals surface area contributed by atoms with Crippen LogP contribution in [0.1, 0.15) is 21.5 Å². The van der Waals surface area contributed by atoms with Crippen LogP contribution in [0.5, 0.6) is 11.5 Å². The number of hydrogen-bond acceptors (Lipinski definition) is 5. The van der Waals surface area contributed by atoms with E-state index in [1.54, 1.807) is 12.3 Å². The van der Waals surface area contributed by atoms with Crippen molar-refractivity contribution in [2.75, 3.05) is 6.79 Å². The van der Waals surface area contributed by atoms with Gasteiger partial charge in [-0.25, -0.2) is 0 Å². The van der Waals surface area contributed by atoms with E-state index in [4.69, 9.17) is 9.47 Å². The molecule has 1 N–H and O–H groups in total. The number of para-hydroxylation sites is 1. The van der Waals surface area contributed by atoms with E-state index in [1.807, 2.05) is 35.9 Å². The minimum atomic E-state index is -0.731. The Balaban J connectivity index is 1.82. The van der Waals surface area contributed by atoms with E-state index in [0.29, 0.717) is 17.1 Å². The summed E-state index contributed by atoms with van der Waals surface area (Å²) in [6.07, 6.45) is 1.75. The average molecular weight is 347 g/mol. The first kappa shape index (κ1) is 14.8. The molecule has 3 aromatic rings. The van der Waals surface area contributed by atoms with Crippen LogP contribution in [0.2, 0.25) is 0 Å². The van der Waals surface area contributed by atoms with Crippen LogP contribution in [0.25, 0.3) is 22.2 Å². The highest BCUT2D eigenvalue weighted by molar-refractivity contribution is 6.62. The van der Waals surface area contributed by atoms with Gasteiger partial charge in [-0.2, -0.15) is 0 Å². The third kappa shape index (κ3) is 1.81. The molecule has 1 aliphatic heterocycles. The molecule has 6 heteroatoms. The van der Waals surface area contributed by atoms with Crippen molar-refractivity contribution in [3.63, 3.8) is 0 Å². The number of aromatic nitrogens is 1. The van der Waals surface area contributed by atoms with E-state index in [2.05, 4.69) is 0 Å². The van der Waals surface area contributed by atoms with Crippen molar-refractivity contribution in [3.05, 3.63) is 59.3 Å². The van der Waals surface area contributed by atoms with Crippen LogP contribution < -0.4 is 9.47 Å². The highest BCUT2D eigenvalue weighted by atomic mass is 16.7. The van der Waals surface area contributed by atoms with Crippen LogP contribution in [0, 0.1) is 0 Å². The predicted molar refractivity (Wildman–Crippen MR) is 94.3 cm³/mol. The number of nitrogens with zero attached hydrogens (tertiary/aromatic N) is 1. The average Bonchev–Trinajstić information content (AvgIpc) is 3.24. The fourth-order valence-corrected chi connectivity index (χ4v) is 3.59. The van der Waals surface area contributed by atoms with Crippen LogP contribution in [0.4, 0.5) is 0 Å². The second kappa shape index (κ2) is 4.98. The minimum absolute atomic E-state index is 0.0122. The fraction of sp³-hybridized carbons (Fsp3) is 0.100. The highest BCUT2D eigenvalue weighted by Crippen LogP contribution is 2.42. The summed E-state index contributed by atoms with van der Waals surface area (Å²) in [4.78, 5) is 25.5. The van der Waals surface area contributed by atoms with Crippen LogP contribution in [-0.2, 0) is 11.8 Å². The summed E-state index contributed by atoms with van der Waals surface area (Å²) in [6.45, 7) is 0.0427. The van der Waals surface area contributed by atoms with Gasteiger partial charge in [0.25, 0.3) is 0 Å². The van der Waals surface area contributed by atoms with E-state index in [1.165, 1.54) is 6.07 Å². The number of ketones is 2. The van der Waals surface area contributed by atoms with Gasteiger partial charge in [0, 0.05) is 40.8 Å². The van der Waals surface area contributed by atoms with E-state index in [9.17, 15) is 14.7 Å². The second-order valence-electron chi connectivity index (χ2n) is 6.30. The van der Waals surface area contributed by atoms with E-state index >= 15 is 0 Å². The van der Waals surface area contributed by atoms with Gasteiger partial charge in [-0.05, 0) is 18.2 Å². The number of hydrogen-bond donors (Lipinski definition) is 1. The molecule has 6 nitrogen and oxygen atoms in total. The number of benzene rings is 2. The van der Waals surface area contributed by atoms with Gasteiger partial charge in [0.1, 0.15) is 5.76 Å². The van der Waals surface area contributed by atoms with Crippen LogP contribution in [-0.4, -0.2) is 28.0 Å². The number of fused-ring (bicyclic) bond motifs is 3. The van der Waals surface area contributed by atoms with Gasteiger partial charge in [0.05, 0.1) is 5.57 Å². The largest absolute Gasteiger partial charge is 0.506 e. The molecular formula is C20H13NO5. The van der Waals surface area contributed by atoms with Gasteiger partial charge >= 0.3 is 0 Å². The molecule has 1 aromatic heterocycles. The molecule has 2 aromatic carbocycles. The van der Waals surface area contributed by atoms with Gasteiger partial charge in [-0.1, -0.05) is 18.2 Å². The van der Waals surface area contributed by atoms with Crippen molar-refractivity contribution in [3.8, 4) is 11.5 Å². The SMILES string of the molecule is Cn1cc(C2=C(O)c3cc4c(cc3C(=O)C2=O)OCO4)c2ccccc21. The minimum Gasteiger partial charge on any atom is -0.506 e. The summed E-state index contributed by atoms with van der Waals surface area (Å²) < 4.78 is 12.5. The quantitative estimate of drug-likeness (QED) is 0.685. The van der Waals surface area contributed by atoms with Crippen LogP contribution in [0.15, 0.2) is 42.6 Å². The lowest BCUT2D eigenvalue weighted by atomic mass is 9.85. The van der Waals surface area contributed by atoms with E-state index in [0.717, 1.165) is 10.9 Å². The number of carbonyl (C=O) groups is 2. The summed E-state index contributed by atoms with van der Waals surface area (Å²) in [6, 6.07) is 10.5. The number of aryl methyl sites for hydroxylation is 1. The Labute approximate surface area is 147 Å². The number of ether oxygens (including phenoxy) is 2. The molecule has 5 rings (SSSR count). The van der Waals surface area contributed by atoms with Gasteiger partial charge < -0.3 is 19.1 Å². The fourth-order valence-electron chi connectivity index (χ4n) is 3.59. The molecule has 0 saturated carbocycles. The third-order valence-corrected chi connectivity index (χ3v) is 4.85. The Morgan fingerprint density at radius 1 is 0.962 bits per heavy atom. The van der Waals surface area contributed by atoms with Crippen molar-refractivity contribution in [1.82, 2.24) is 4.57 Å². The molecule has 0 amide bonds. The van der Waals surface area contributed by atoms with Gasteiger partial charge in [-0.15, -0.1) is 0 Å². The molecule has 1 aliphatic carbocycles. The summed E-state index contributed by atoms with van der Waals surface area (Å²) in [7, 11) is 1.85.